The Morgan fingerprint density at radius 1 is 1.32 bits per heavy atom. The number of carbonyl (C=O) groups excluding carboxylic acids is 3. The quantitative estimate of drug-likeness (QED) is 0.815. The van der Waals surface area contributed by atoms with Gasteiger partial charge in [0.05, 0.1) is 18.7 Å². The number of ether oxygens (including phenoxy) is 1. The molecule has 1 aromatic heterocycles. The summed E-state index contributed by atoms with van der Waals surface area (Å²) in [6, 6.07) is 2.67. The molecule has 0 aromatic carbocycles. The normalized spacial score (nSPS) is 24.3. The van der Waals surface area contributed by atoms with E-state index >= 15 is 0 Å². The molecule has 152 valence electrons. The van der Waals surface area contributed by atoms with Crippen LogP contribution in [0.1, 0.15) is 44.0 Å². The molecule has 28 heavy (non-hydrogen) atoms. The second kappa shape index (κ2) is 8.16. The fourth-order valence-electron chi connectivity index (χ4n) is 4.12. The summed E-state index contributed by atoms with van der Waals surface area (Å²) >= 11 is 0. The van der Waals surface area contributed by atoms with Crippen molar-refractivity contribution in [2.45, 2.75) is 51.7 Å². The number of pyridine rings is 1. The zero-order valence-corrected chi connectivity index (χ0v) is 16.8. The number of nitrogens with zero attached hydrogens (tertiary/aromatic N) is 3. The van der Waals surface area contributed by atoms with Gasteiger partial charge in [-0.1, -0.05) is 13.8 Å². The van der Waals surface area contributed by atoms with E-state index in [1.807, 2.05) is 18.7 Å². The van der Waals surface area contributed by atoms with Crippen molar-refractivity contribution in [3.05, 3.63) is 23.9 Å². The molecule has 0 bridgehead atoms. The minimum atomic E-state index is -0.498. The van der Waals surface area contributed by atoms with Gasteiger partial charge in [0.15, 0.2) is 0 Å². The van der Waals surface area contributed by atoms with Crippen molar-refractivity contribution in [2.24, 2.45) is 5.92 Å². The van der Waals surface area contributed by atoms with E-state index in [9.17, 15) is 14.4 Å². The van der Waals surface area contributed by atoms with E-state index in [2.05, 4.69) is 10.3 Å². The summed E-state index contributed by atoms with van der Waals surface area (Å²) in [5, 5.41) is 2.90. The van der Waals surface area contributed by atoms with Gasteiger partial charge in [-0.15, -0.1) is 0 Å². The van der Waals surface area contributed by atoms with E-state index < -0.39 is 6.04 Å². The van der Waals surface area contributed by atoms with E-state index in [1.54, 1.807) is 17.0 Å². The average Bonchev–Trinajstić information content (AvgIpc) is 3.05. The molecule has 3 rings (SSSR count). The average molecular weight is 388 g/mol. The van der Waals surface area contributed by atoms with Gasteiger partial charge in [-0.25, -0.2) is 4.98 Å². The van der Waals surface area contributed by atoms with Gasteiger partial charge in [-0.05, 0) is 24.8 Å². The summed E-state index contributed by atoms with van der Waals surface area (Å²) in [5.74, 6) is 0.367. The molecule has 2 fully saturated rings. The summed E-state index contributed by atoms with van der Waals surface area (Å²) in [4.78, 5) is 45.4. The van der Waals surface area contributed by atoms with Crippen LogP contribution in [-0.2, 0) is 9.59 Å². The highest BCUT2D eigenvalue weighted by Gasteiger charge is 2.47. The first kappa shape index (κ1) is 20.1. The predicted molar refractivity (Wildman–Crippen MR) is 103 cm³/mol. The van der Waals surface area contributed by atoms with Crippen molar-refractivity contribution >= 4 is 17.7 Å². The first-order valence-electron chi connectivity index (χ1n) is 9.68. The first-order valence-corrected chi connectivity index (χ1v) is 9.68. The van der Waals surface area contributed by atoms with E-state index in [4.69, 9.17) is 4.74 Å². The minimum Gasteiger partial charge on any atom is -0.481 e. The molecule has 0 radical (unpaired) electrons. The van der Waals surface area contributed by atoms with Crippen molar-refractivity contribution in [1.82, 2.24) is 20.1 Å². The monoisotopic (exact) mass is 388 g/mol. The summed E-state index contributed by atoms with van der Waals surface area (Å²) in [7, 11) is 1.52. The summed E-state index contributed by atoms with van der Waals surface area (Å²) in [5.41, 5.74) is 0.437. The fourth-order valence-corrected chi connectivity index (χ4v) is 4.12. The lowest BCUT2D eigenvalue weighted by Gasteiger charge is -2.43. The predicted octanol–water partition coefficient (Wildman–Crippen LogP) is 1.07. The van der Waals surface area contributed by atoms with Gasteiger partial charge in [0, 0.05) is 38.3 Å². The van der Waals surface area contributed by atoms with Crippen LogP contribution in [0.5, 0.6) is 5.88 Å². The van der Waals surface area contributed by atoms with Gasteiger partial charge in [-0.3, -0.25) is 14.4 Å². The molecule has 8 nitrogen and oxygen atoms in total. The Morgan fingerprint density at radius 3 is 2.64 bits per heavy atom. The zero-order valence-electron chi connectivity index (χ0n) is 16.8. The fraction of sp³-hybridized carbons (Fsp3) is 0.600. The van der Waals surface area contributed by atoms with E-state index in [1.165, 1.54) is 20.2 Å². The number of carbonyl (C=O) groups is 3. The molecule has 0 saturated carbocycles. The number of aromatic nitrogens is 1. The Kier molecular flexibility index (Phi) is 5.86. The number of fused-ring (bicyclic) bond motifs is 1. The summed E-state index contributed by atoms with van der Waals surface area (Å²) in [6.45, 7) is 6.53. The smallest absolute Gasteiger partial charge is 0.256 e. The maximum Gasteiger partial charge on any atom is 0.256 e. The first-order chi connectivity index (χ1) is 13.3. The third-order valence-corrected chi connectivity index (χ3v) is 5.32. The van der Waals surface area contributed by atoms with E-state index in [-0.39, 0.29) is 35.7 Å². The lowest BCUT2D eigenvalue weighted by Crippen LogP contribution is -2.61. The van der Waals surface area contributed by atoms with E-state index in [0.717, 1.165) is 0 Å². The van der Waals surface area contributed by atoms with Gasteiger partial charge in [0.2, 0.25) is 17.7 Å². The topological polar surface area (TPSA) is 91.8 Å². The van der Waals surface area contributed by atoms with Crippen LogP contribution in [-0.4, -0.2) is 70.8 Å². The van der Waals surface area contributed by atoms with Crippen molar-refractivity contribution < 1.29 is 19.1 Å². The van der Waals surface area contributed by atoms with Crippen LogP contribution in [0.4, 0.5) is 0 Å². The Morgan fingerprint density at radius 2 is 2.07 bits per heavy atom. The Labute approximate surface area is 165 Å². The van der Waals surface area contributed by atoms with Gasteiger partial charge in [0.1, 0.15) is 6.04 Å². The van der Waals surface area contributed by atoms with Gasteiger partial charge in [-0.2, -0.15) is 0 Å². The molecule has 2 aliphatic heterocycles. The standard InChI is InChI=1S/C20H28N4O4/c1-12(2)7-17-20(27)23-10-15(22-13(3)25)8-16(23)11-24(17)19(26)14-5-6-18(28-4)21-9-14/h5-6,9,12,15-17H,7-8,10-11H2,1-4H3,(H,22,25)/t15-,16-,17-/m0/s1. The van der Waals surface area contributed by atoms with Crippen molar-refractivity contribution in [2.75, 3.05) is 20.2 Å². The van der Waals surface area contributed by atoms with E-state index in [0.29, 0.717) is 37.4 Å². The lowest BCUT2D eigenvalue weighted by molar-refractivity contribution is -0.142. The van der Waals surface area contributed by atoms with Crippen LogP contribution in [0.15, 0.2) is 18.3 Å². The highest BCUT2D eigenvalue weighted by Crippen LogP contribution is 2.30. The van der Waals surface area contributed by atoms with Crippen molar-refractivity contribution in [1.29, 1.82) is 0 Å². The Balaban J connectivity index is 1.84. The molecule has 0 unspecified atom stereocenters. The molecule has 0 spiro atoms. The van der Waals surface area contributed by atoms with Gasteiger partial charge >= 0.3 is 0 Å². The van der Waals surface area contributed by atoms with Crippen LogP contribution in [0.3, 0.4) is 0 Å². The highest BCUT2D eigenvalue weighted by atomic mass is 16.5. The van der Waals surface area contributed by atoms with Crippen LogP contribution >= 0.6 is 0 Å². The molecule has 2 saturated heterocycles. The molecule has 1 aromatic rings. The molecule has 8 heteroatoms. The molecular formula is C20H28N4O4. The van der Waals surface area contributed by atoms with Crippen molar-refractivity contribution in [3.8, 4) is 5.88 Å². The maximum atomic E-state index is 13.2. The van der Waals surface area contributed by atoms with Gasteiger partial charge in [0.25, 0.3) is 5.91 Å². The SMILES string of the molecule is COc1ccc(C(=O)N2C[C@@H]3C[C@H](NC(C)=O)CN3C(=O)[C@@H]2CC(C)C)cn1. The van der Waals surface area contributed by atoms with Gasteiger partial charge < -0.3 is 19.9 Å². The second-order valence-corrected chi connectivity index (χ2v) is 7.97. The second-order valence-electron chi connectivity index (χ2n) is 7.97. The molecule has 3 heterocycles. The van der Waals surface area contributed by atoms with Crippen LogP contribution in [0.25, 0.3) is 0 Å². The minimum absolute atomic E-state index is 0.0346. The molecule has 3 amide bonds. The number of hydrogen-bond acceptors (Lipinski definition) is 5. The summed E-state index contributed by atoms with van der Waals surface area (Å²) in [6.07, 6.45) is 2.74. The third-order valence-electron chi connectivity index (χ3n) is 5.32. The molecule has 1 N–H and O–H groups in total. The molecule has 2 aliphatic rings. The number of methoxy groups -OCH3 is 1. The molecular weight excluding hydrogens is 360 g/mol. The molecule has 3 atom stereocenters. The van der Waals surface area contributed by atoms with Crippen LogP contribution in [0, 0.1) is 5.92 Å². The largest absolute Gasteiger partial charge is 0.481 e. The number of piperazine rings is 1. The van der Waals surface area contributed by atoms with Crippen LogP contribution < -0.4 is 10.1 Å². The van der Waals surface area contributed by atoms with Crippen molar-refractivity contribution in [3.63, 3.8) is 0 Å². The Hall–Kier alpha value is -2.64. The number of amides is 3. The number of rotatable bonds is 5. The third kappa shape index (κ3) is 4.10. The zero-order chi connectivity index (χ0) is 20.4. The number of nitrogens with one attached hydrogen (secondary N) is 1. The van der Waals surface area contributed by atoms with Crippen LogP contribution in [0.2, 0.25) is 0 Å². The highest BCUT2D eigenvalue weighted by molar-refractivity contribution is 5.98. The maximum absolute atomic E-state index is 13.2. The number of hydrogen-bond donors (Lipinski definition) is 1. The molecule has 0 aliphatic carbocycles. The Bertz CT molecular complexity index is 749. The summed E-state index contributed by atoms with van der Waals surface area (Å²) < 4.78 is 5.05. The lowest BCUT2D eigenvalue weighted by atomic mass is 9.96.